The second kappa shape index (κ2) is 12.3. The van der Waals surface area contributed by atoms with Gasteiger partial charge in [-0.2, -0.15) is 4.68 Å². The average molecular weight is 595 g/mol. The molecule has 41 heavy (non-hydrogen) atoms. The number of hydrogen-bond acceptors (Lipinski definition) is 8. The van der Waals surface area contributed by atoms with Gasteiger partial charge in [-0.05, 0) is 58.8 Å². The van der Waals surface area contributed by atoms with Gasteiger partial charge in [-0.3, -0.25) is 10.1 Å². The van der Waals surface area contributed by atoms with Crippen molar-refractivity contribution in [2.75, 3.05) is 26.1 Å². The van der Waals surface area contributed by atoms with E-state index in [1.807, 2.05) is 6.07 Å². The number of methoxy groups -OCH3 is 2. The molecular formula is C27H24Cl2N8O4. The van der Waals surface area contributed by atoms with Crippen LogP contribution in [0, 0.1) is 0 Å². The molecule has 1 atom stereocenters. The summed E-state index contributed by atoms with van der Waals surface area (Å²) in [5, 5.41) is 14.8. The van der Waals surface area contributed by atoms with Crippen LogP contribution in [0.25, 0.3) is 28.1 Å². The van der Waals surface area contributed by atoms with Gasteiger partial charge in [0.15, 0.2) is 0 Å². The number of nitrogens with one attached hydrogen (secondary N) is 2. The highest BCUT2D eigenvalue weighted by atomic mass is 35.5. The zero-order valence-electron chi connectivity index (χ0n) is 21.9. The Morgan fingerprint density at radius 3 is 2.56 bits per heavy atom. The van der Waals surface area contributed by atoms with Crippen molar-refractivity contribution in [2.45, 2.75) is 12.5 Å². The molecule has 2 aromatic carbocycles. The third-order valence-corrected chi connectivity index (χ3v) is 6.84. The minimum absolute atomic E-state index is 0.265. The molecule has 210 valence electrons. The zero-order valence-corrected chi connectivity index (χ0v) is 23.4. The number of nitrogens with zero attached hydrogens (tertiary/aromatic N) is 6. The molecule has 0 aliphatic carbocycles. The number of ether oxygens (including phenoxy) is 2. The molecule has 3 heterocycles. The van der Waals surface area contributed by atoms with E-state index in [1.165, 1.54) is 24.2 Å². The van der Waals surface area contributed by atoms with Crippen LogP contribution >= 0.6 is 23.2 Å². The van der Waals surface area contributed by atoms with Gasteiger partial charge >= 0.3 is 6.09 Å². The van der Waals surface area contributed by atoms with Crippen LogP contribution in [0.3, 0.4) is 0 Å². The predicted octanol–water partition coefficient (Wildman–Crippen LogP) is 4.99. The van der Waals surface area contributed by atoms with Crippen LogP contribution in [-0.2, 0) is 9.47 Å². The van der Waals surface area contributed by atoms with E-state index in [0.717, 1.165) is 5.56 Å². The molecule has 14 heteroatoms. The number of amides is 1. The lowest BCUT2D eigenvalue weighted by Crippen LogP contribution is -2.26. The minimum atomic E-state index is -0.572. The summed E-state index contributed by atoms with van der Waals surface area (Å²) in [6, 6.07) is 15.1. The van der Waals surface area contributed by atoms with Crippen molar-refractivity contribution in [2.24, 2.45) is 0 Å². The second-order valence-electron chi connectivity index (χ2n) is 8.85. The minimum Gasteiger partial charge on any atom is -0.453 e. The summed E-state index contributed by atoms with van der Waals surface area (Å²) in [6.07, 6.45) is 3.05. The van der Waals surface area contributed by atoms with Gasteiger partial charge in [0.2, 0.25) is 0 Å². The largest absolute Gasteiger partial charge is 0.453 e. The van der Waals surface area contributed by atoms with Crippen LogP contribution in [0.15, 0.2) is 71.9 Å². The maximum absolute atomic E-state index is 13.5. The predicted molar refractivity (Wildman–Crippen MR) is 154 cm³/mol. The first-order chi connectivity index (χ1) is 19.9. The van der Waals surface area contributed by atoms with Crippen molar-refractivity contribution in [3.8, 4) is 28.1 Å². The maximum Gasteiger partial charge on any atom is 0.411 e. The van der Waals surface area contributed by atoms with Crippen LogP contribution in [0.1, 0.15) is 18.3 Å². The number of aromatic nitrogens is 7. The molecule has 5 rings (SSSR count). The first kappa shape index (κ1) is 28.0. The highest BCUT2D eigenvalue weighted by Crippen LogP contribution is 2.32. The molecule has 12 nitrogen and oxygen atoms in total. The summed E-state index contributed by atoms with van der Waals surface area (Å²) in [6.45, 7) is 0.373. The van der Waals surface area contributed by atoms with Gasteiger partial charge in [-0.25, -0.2) is 9.78 Å². The average Bonchev–Trinajstić information content (AvgIpc) is 3.64. The topological polar surface area (TPSA) is 142 Å². The molecule has 0 radical (unpaired) electrons. The first-order valence-electron chi connectivity index (χ1n) is 12.3. The van der Waals surface area contributed by atoms with Crippen LogP contribution in [0.2, 0.25) is 10.2 Å². The van der Waals surface area contributed by atoms with Gasteiger partial charge in [0.05, 0.1) is 18.8 Å². The molecule has 0 saturated heterocycles. The lowest BCUT2D eigenvalue weighted by molar-refractivity contribution is 0.182. The Morgan fingerprint density at radius 1 is 1.07 bits per heavy atom. The van der Waals surface area contributed by atoms with Gasteiger partial charge in [-0.1, -0.05) is 35.3 Å². The Bertz CT molecular complexity index is 1720. The number of carbonyl (C=O) groups excluding carboxylic acids is 1. The van der Waals surface area contributed by atoms with Crippen molar-refractivity contribution in [1.82, 2.24) is 34.7 Å². The van der Waals surface area contributed by atoms with Crippen molar-refractivity contribution in [1.29, 1.82) is 0 Å². The lowest BCUT2D eigenvalue weighted by atomic mass is 10.0. The fraction of sp³-hybridized carbons (Fsp3) is 0.185. The van der Waals surface area contributed by atoms with Crippen LogP contribution in [-0.4, -0.2) is 61.7 Å². The van der Waals surface area contributed by atoms with Crippen molar-refractivity contribution in [3.63, 3.8) is 0 Å². The van der Waals surface area contributed by atoms with Gasteiger partial charge in [0, 0.05) is 47.8 Å². The third kappa shape index (κ3) is 6.14. The normalized spacial score (nSPS) is 11.8. The molecule has 0 saturated carbocycles. The number of aromatic amines is 1. The van der Waals surface area contributed by atoms with E-state index in [9.17, 15) is 9.59 Å². The number of anilines is 1. The number of imidazole rings is 1. The van der Waals surface area contributed by atoms with Crippen LogP contribution in [0.5, 0.6) is 0 Å². The number of carbonyl (C=O) groups is 1. The quantitative estimate of drug-likeness (QED) is 0.243. The Morgan fingerprint density at radius 2 is 1.88 bits per heavy atom. The number of halogens is 2. The molecule has 1 amide bonds. The molecule has 0 bridgehead atoms. The Balaban J connectivity index is 1.49. The van der Waals surface area contributed by atoms with Gasteiger partial charge in [-0.15, -0.1) is 5.10 Å². The number of rotatable bonds is 9. The van der Waals surface area contributed by atoms with Crippen molar-refractivity contribution >= 4 is 35.0 Å². The molecule has 0 spiro atoms. The highest BCUT2D eigenvalue weighted by molar-refractivity contribution is 6.32. The van der Waals surface area contributed by atoms with Crippen molar-refractivity contribution < 1.29 is 14.3 Å². The van der Waals surface area contributed by atoms with Crippen LogP contribution in [0.4, 0.5) is 10.5 Å². The zero-order chi connectivity index (χ0) is 28.9. The third-order valence-electron chi connectivity index (χ3n) is 6.33. The van der Waals surface area contributed by atoms with Gasteiger partial charge < -0.3 is 19.0 Å². The van der Waals surface area contributed by atoms with E-state index >= 15 is 0 Å². The maximum atomic E-state index is 13.5. The molecule has 5 aromatic rings. The van der Waals surface area contributed by atoms with E-state index < -0.39 is 12.1 Å². The highest BCUT2D eigenvalue weighted by Gasteiger charge is 2.22. The van der Waals surface area contributed by atoms with Gasteiger partial charge in [0.1, 0.15) is 23.0 Å². The standard InChI is InChI=1S/C27H24Cl2N8O4/c1-40-12-10-22(26-32-24(25(29)33-26)16-3-6-19(7-4-16)31-27(39)41-2)36-11-9-17(13-23(36)38)20-14-18(28)5-8-21(20)37-15-30-34-35-37/h3-9,11,13-15,22H,10,12H2,1-2H3,(H,31,39)(H,32,33). The summed E-state index contributed by atoms with van der Waals surface area (Å²) >= 11 is 12.8. The number of pyridine rings is 1. The summed E-state index contributed by atoms with van der Waals surface area (Å²) < 4.78 is 13.0. The first-order valence-corrected chi connectivity index (χ1v) is 13.1. The molecule has 0 aliphatic heterocycles. The molecule has 2 N–H and O–H groups in total. The summed E-state index contributed by atoms with van der Waals surface area (Å²) in [5.74, 6) is 0.491. The molecule has 0 fully saturated rings. The fourth-order valence-corrected chi connectivity index (χ4v) is 4.78. The van der Waals surface area contributed by atoms with Crippen molar-refractivity contribution in [3.05, 3.63) is 93.5 Å². The molecule has 3 aromatic heterocycles. The monoisotopic (exact) mass is 594 g/mol. The smallest absolute Gasteiger partial charge is 0.411 e. The number of H-pyrrole nitrogens is 1. The number of hydrogen-bond donors (Lipinski definition) is 2. The Kier molecular flexibility index (Phi) is 8.43. The van der Waals surface area contributed by atoms with E-state index in [4.69, 9.17) is 32.9 Å². The summed E-state index contributed by atoms with van der Waals surface area (Å²) in [7, 11) is 2.88. The second-order valence-corrected chi connectivity index (χ2v) is 9.67. The molecular weight excluding hydrogens is 571 g/mol. The number of tetrazole rings is 1. The summed E-state index contributed by atoms with van der Waals surface area (Å²) in [4.78, 5) is 32.8. The van der Waals surface area contributed by atoms with E-state index in [1.54, 1.807) is 60.3 Å². The van der Waals surface area contributed by atoms with E-state index in [0.29, 0.717) is 57.2 Å². The summed E-state index contributed by atoms with van der Waals surface area (Å²) in [5.41, 5.74) is 3.52. The van der Waals surface area contributed by atoms with E-state index in [-0.39, 0.29) is 5.56 Å². The molecule has 0 aliphatic rings. The van der Waals surface area contributed by atoms with Crippen LogP contribution < -0.4 is 10.9 Å². The molecule has 1 unspecified atom stereocenters. The van der Waals surface area contributed by atoms with Gasteiger partial charge in [0.25, 0.3) is 5.56 Å². The SMILES string of the molecule is COCCC(c1nc(-c2ccc(NC(=O)OC)cc2)c(Cl)[nH]1)n1ccc(-c2cc(Cl)ccc2-n2cnnn2)cc1=O. The Hall–Kier alpha value is -4.52. The lowest BCUT2D eigenvalue weighted by Gasteiger charge is -2.18. The number of benzene rings is 2. The van der Waals surface area contributed by atoms with E-state index in [2.05, 4.69) is 30.6 Å². The fourth-order valence-electron chi connectivity index (χ4n) is 4.36. The Labute approximate surface area is 243 Å².